The number of benzene rings is 2. The lowest BCUT2D eigenvalue weighted by Gasteiger charge is -2.30. The van der Waals surface area contributed by atoms with Gasteiger partial charge in [-0.2, -0.15) is 0 Å². The van der Waals surface area contributed by atoms with E-state index in [-0.39, 0.29) is 24.6 Å². The van der Waals surface area contributed by atoms with Gasteiger partial charge in [0.2, 0.25) is 0 Å². The molecule has 1 aliphatic rings. The van der Waals surface area contributed by atoms with Crippen LogP contribution < -0.4 is 15.4 Å². The maximum atomic E-state index is 13.9. The van der Waals surface area contributed by atoms with Crippen molar-refractivity contribution in [2.45, 2.75) is 14.0 Å². The van der Waals surface area contributed by atoms with Crippen molar-refractivity contribution in [1.82, 2.24) is 9.97 Å². The zero-order valence-electron chi connectivity index (χ0n) is 26.1. The van der Waals surface area contributed by atoms with Crippen LogP contribution in [0.2, 0.25) is 0 Å². The Bertz CT molecular complexity index is 2390. The first kappa shape index (κ1) is 41.5. The first-order chi connectivity index (χ1) is 24.6. The molecule has 0 radical (unpaired) electrons. The molecule has 0 atom stereocenters. The van der Waals surface area contributed by atoms with Gasteiger partial charge in [0.25, 0.3) is 11.4 Å². The summed E-state index contributed by atoms with van der Waals surface area (Å²) >= 11 is 0. The minimum absolute atomic E-state index is 0. The van der Waals surface area contributed by atoms with E-state index in [1.165, 1.54) is 6.07 Å². The van der Waals surface area contributed by atoms with Crippen LogP contribution in [0.5, 0.6) is 11.5 Å². The monoisotopic (exact) mass is 698 g/mol. The van der Waals surface area contributed by atoms with Gasteiger partial charge < -0.3 is 25.5 Å². The minimum Gasteiger partial charge on any atom is -0.503 e. The summed E-state index contributed by atoms with van der Waals surface area (Å²) in [6, 6.07) is 3.69. The summed E-state index contributed by atoms with van der Waals surface area (Å²) in [6.07, 6.45) is 3.20. The number of nitrogens with two attached hydrogens (primary N) is 1. The number of rotatable bonds is 4. The van der Waals surface area contributed by atoms with E-state index in [4.69, 9.17) is 15.6 Å². The van der Waals surface area contributed by atoms with Gasteiger partial charge in [0.05, 0.1) is 58.5 Å². The molecule has 4 rings (SSSR count). The normalized spacial score (nSPS) is 8.92. The lowest BCUT2D eigenvalue weighted by molar-refractivity contribution is -0.385. The summed E-state index contributed by atoms with van der Waals surface area (Å²) in [5.74, 6) is -2.52. The van der Waals surface area contributed by atoms with Gasteiger partial charge in [-0.25, -0.2) is 13.8 Å². The molecule has 1 aromatic heterocycles. The molecule has 52 heavy (non-hydrogen) atoms. The number of H-pyrrole nitrogens is 1. The molecule has 0 saturated heterocycles. The second kappa shape index (κ2) is 22.9. The van der Waals surface area contributed by atoms with E-state index in [9.17, 15) is 29.0 Å². The number of nitrogens with one attached hydrogen (secondary N) is 1. The molecule has 14 heteroatoms. The molecule has 0 fully saturated rings. The number of hydrogen-bond donors (Lipinski definition) is 3. The third-order valence-corrected chi connectivity index (χ3v) is 5.42. The zero-order valence-corrected chi connectivity index (χ0v) is 26.1. The molecule has 3 aromatic rings. The highest BCUT2D eigenvalue weighted by Gasteiger charge is 2.26. The Hall–Kier alpha value is -8.49. The number of nitrogens with zero attached hydrogens (tertiary/aromatic N) is 4. The van der Waals surface area contributed by atoms with Gasteiger partial charge >= 0.3 is 0 Å². The average molecular weight is 699 g/mol. The van der Waals surface area contributed by atoms with Crippen molar-refractivity contribution >= 4 is 22.7 Å². The third kappa shape index (κ3) is 14.5. The summed E-state index contributed by atoms with van der Waals surface area (Å²) in [5, 5.41) is 29.7. The number of anilines is 2. The van der Waals surface area contributed by atoms with Crippen LogP contribution in [0, 0.1) is 31.9 Å². The second-order valence-electron chi connectivity index (χ2n) is 8.73. The number of aromatic nitrogens is 2. The van der Waals surface area contributed by atoms with Gasteiger partial charge in [0.15, 0.2) is 23.1 Å². The van der Waals surface area contributed by atoms with Crippen LogP contribution >= 0.6 is 0 Å². The van der Waals surface area contributed by atoms with E-state index >= 15 is 0 Å². The van der Waals surface area contributed by atoms with Crippen LogP contribution in [0.4, 0.5) is 31.5 Å². The van der Waals surface area contributed by atoms with Crippen molar-refractivity contribution in [2.24, 2.45) is 0 Å². The summed E-state index contributed by atoms with van der Waals surface area (Å²) < 4.78 is 31.7. The molecule has 0 unspecified atom stereocenters. The summed E-state index contributed by atoms with van der Waals surface area (Å²) in [4.78, 5) is 28.2. The Morgan fingerprint density at radius 1 is 0.827 bits per heavy atom. The van der Waals surface area contributed by atoms with Crippen molar-refractivity contribution in [2.75, 3.05) is 23.8 Å². The molecule has 2 heterocycles. The molecular weight excluding hydrogens is 674 g/mol. The summed E-state index contributed by atoms with van der Waals surface area (Å²) in [5.41, 5.74) is 47.1. The highest BCUT2D eigenvalue weighted by molar-refractivity contribution is 5.65. The molecule has 256 valence electrons. The van der Waals surface area contributed by atoms with Gasteiger partial charge in [-0.1, -0.05) is 18.9 Å². The number of ether oxygens (including phenoxy) is 1. The quantitative estimate of drug-likeness (QED) is 0.0856. The molecule has 1 aliphatic heterocycles. The van der Waals surface area contributed by atoms with E-state index in [0.717, 1.165) is 17.8 Å². The zero-order chi connectivity index (χ0) is 37.4. The number of nitro benzene ring substituents is 2. The Balaban J connectivity index is 0.000000399. The Labute approximate surface area is 295 Å². The van der Waals surface area contributed by atoms with Crippen molar-refractivity contribution in [3.8, 4) is 11.5 Å². The van der Waals surface area contributed by atoms with Gasteiger partial charge in [-0.3, -0.25) is 20.2 Å². The lowest BCUT2D eigenvalue weighted by atomic mass is 10.2. The number of nitrogen functional groups attached to an aromatic ring is 1. The number of hydrogen-bond acceptors (Lipinski definition) is 9. The number of fused-ring (bicyclic) bond motifs is 1. The molecule has 0 spiro atoms. The largest absolute Gasteiger partial charge is 0.503 e. The van der Waals surface area contributed by atoms with Gasteiger partial charge in [-0.15, -0.1) is 0 Å². The lowest BCUT2D eigenvalue weighted by Crippen LogP contribution is -2.32. The number of aromatic amines is 1. The van der Waals surface area contributed by atoms with E-state index < -0.39 is 32.9 Å². The predicted octanol–water partition coefficient (Wildman–Crippen LogP) is 6.95. The van der Waals surface area contributed by atoms with Crippen molar-refractivity contribution in [3.63, 3.8) is 0 Å². The third-order valence-electron chi connectivity index (χ3n) is 5.42. The smallest absolute Gasteiger partial charge is 0.274 e. The SMILES string of the molecule is C.C=C=C=C=C=C=C=C=C=C=C=C=C=C=C=C=C=C=C.Nc1cc([N+](=O)[O-])cc(F)c1O.O=[N+]([O-])c1cc(F)c2c(c1)N(Cc1cnc[nH]1)CCO2. The van der Waals surface area contributed by atoms with E-state index in [1.807, 2.05) is 4.90 Å². The van der Waals surface area contributed by atoms with Crippen LogP contribution in [0.1, 0.15) is 13.1 Å². The number of aromatic hydroxyl groups is 1. The van der Waals surface area contributed by atoms with Gasteiger partial charge in [0, 0.05) is 18.3 Å². The Kier molecular flexibility index (Phi) is 18.3. The van der Waals surface area contributed by atoms with Crippen LogP contribution in [0.3, 0.4) is 0 Å². The molecule has 0 bridgehead atoms. The molecule has 0 saturated carbocycles. The van der Waals surface area contributed by atoms with Crippen molar-refractivity contribution in [1.29, 1.82) is 0 Å². The highest BCUT2D eigenvalue weighted by atomic mass is 19.1. The number of imidazole rings is 1. The molecule has 0 aliphatic carbocycles. The van der Waals surface area contributed by atoms with Gasteiger partial charge in [0.1, 0.15) is 6.61 Å². The summed E-state index contributed by atoms with van der Waals surface area (Å²) in [7, 11) is 0. The standard InChI is InChI=1S/C19H4.C12H11FN4O3.C6H5FN2O3.CH4/c1-3-5-7-9-11-13-15-17-19-18-16-14-12-10-8-6-4-2;13-10-3-9(17(18)19)4-11-12(10)20-2-1-16(11)6-8-5-14-7-15-8;7-4-1-3(9(11)12)2-5(8)6(4)10;/h1-2H2;3-5,7H,1-2,6H2,(H,14,15);1-2,10H,8H2;1H4. The highest BCUT2D eigenvalue weighted by Crippen LogP contribution is 2.38. The van der Waals surface area contributed by atoms with Crippen LogP contribution in [0.25, 0.3) is 0 Å². The molecule has 4 N–H and O–H groups in total. The van der Waals surface area contributed by atoms with E-state index in [2.05, 4.69) is 121 Å². The molecule has 0 amide bonds. The predicted molar refractivity (Wildman–Crippen MR) is 185 cm³/mol. The first-order valence-electron chi connectivity index (χ1n) is 13.6. The maximum absolute atomic E-state index is 13.9. The fraction of sp³-hybridized carbons (Fsp3) is 0.105. The number of phenolic OH excluding ortho intramolecular Hbond substituents is 1. The van der Waals surface area contributed by atoms with Gasteiger partial charge in [-0.05, 0) is 99.1 Å². The topological polar surface area (TPSA) is 174 Å². The molecule has 12 nitrogen and oxygen atoms in total. The minimum atomic E-state index is -1.10. The summed E-state index contributed by atoms with van der Waals surface area (Å²) in [6.45, 7) is 7.90. The molecular formula is C38H24F2N6O6. The van der Waals surface area contributed by atoms with E-state index in [0.29, 0.717) is 31.5 Å². The van der Waals surface area contributed by atoms with E-state index in [1.54, 1.807) is 12.5 Å². The molecule has 2 aromatic carbocycles. The second-order valence-corrected chi connectivity index (χ2v) is 8.73. The Morgan fingerprint density at radius 3 is 1.71 bits per heavy atom. The average Bonchev–Trinajstić information content (AvgIpc) is 3.62. The van der Waals surface area contributed by atoms with Crippen molar-refractivity contribution in [3.05, 3.63) is 185 Å². The number of non-ortho nitro benzene ring substituents is 2. The number of phenols is 1. The maximum Gasteiger partial charge on any atom is 0.274 e. The first-order valence-corrected chi connectivity index (χ1v) is 13.6. The fourth-order valence-electron chi connectivity index (χ4n) is 3.37. The number of nitro groups is 2. The van der Waals surface area contributed by atoms with Crippen molar-refractivity contribution < 1.29 is 28.5 Å². The number of halogens is 2. The Morgan fingerprint density at radius 2 is 1.29 bits per heavy atom. The van der Waals surface area contributed by atoms with Crippen LogP contribution in [-0.2, 0) is 6.54 Å². The fourth-order valence-corrected chi connectivity index (χ4v) is 3.37. The van der Waals surface area contributed by atoms with Crippen LogP contribution in [-0.4, -0.2) is 38.1 Å². The van der Waals surface area contributed by atoms with Crippen LogP contribution in [0.15, 0.2) is 147 Å².